The van der Waals surface area contributed by atoms with E-state index in [9.17, 15) is 0 Å². The van der Waals surface area contributed by atoms with E-state index in [4.69, 9.17) is 0 Å². The molecule has 0 bridgehead atoms. The van der Waals surface area contributed by atoms with Gasteiger partial charge in [-0.2, -0.15) is 0 Å². The molecule has 0 unspecified atom stereocenters. The summed E-state index contributed by atoms with van der Waals surface area (Å²) in [7, 11) is 0. The lowest BCUT2D eigenvalue weighted by atomic mass is 10.5. The number of nitrogens with one attached hydrogen (secondary N) is 1. The smallest absolute Gasteiger partial charge is 0.0814 e. The van der Waals surface area contributed by atoms with Gasteiger partial charge in [-0.05, 0) is 0 Å². The quantitative estimate of drug-likeness (QED) is 0.300. The molecule has 0 aromatic rings. The van der Waals surface area contributed by atoms with Crippen molar-refractivity contribution in [3.05, 3.63) is 25.3 Å². The maximum Gasteiger partial charge on any atom is 0.0814 e. The highest BCUT2D eigenvalue weighted by Crippen LogP contribution is 1.59. The molecule has 0 aliphatic rings. The standard InChI is InChI=1S/C6H11N.BH3/c1-3-5-7-6-4-2;/h3-4,7H,1-2,5-6H2;1H3. The lowest BCUT2D eigenvalue weighted by Gasteiger charge is -1.90. The molecule has 8 heavy (non-hydrogen) atoms. The summed E-state index contributed by atoms with van der Waals surface area (Å²) in [4.78, 5) is 0. The van der Waals surface area contributed by atoms with E-state index < -0.39 is 0 Å². The van der Waals surface area contributed by atoms with Gasteiger partial charge in [-0.15, -0.1) is 13.2 Å². The van der Waals surface area contributed by atoms with Crippen molar-refractivity contribution < 1.29 is 0 Å². The molecule has 0 spiro atoms. The molecule has 0 aromatic heterocycles. The molecular weight excluding hydrogens is 96.9 g/mol. The Hall–Kier alpha value is -0.495. The van der Waals surface area contributed by atoms with Crippen molar-refractivity contribution in [2.24, 2.45) is 0 Å². The first-order chi connectivity index (χ1) is 3.41. The predicted molar refractivity (Wildman–Crippen MR) is 43.2 cm³/mol. The molecule has 0 heterocycles. The molecule has 0 radical (unpaired) electrons. The zero-order valence-electron chi connectivity index (χ0n) is 4.48. The molecule has 0 saturated carbocycles. The van der Waals surface area contributed by atoms with Crippen LogP contribution in [0.4, 0.5) is 0 Å². The summed E-state index contributed by atoms with van der Waals surface area (Å²) in [6.07, 6.45) is 3.65. The largest absolute Gasteiger partial charge is 0.310 e. The average molecular weight is 111 g/mol. The molecule has 0 aromatic carbocycles. The minimum Gasteiger partial charge on any atom is -0.310 e. The van der Waals surface area contributed by atoms with Crippen LogP contribution >= 0.6 is 0 Å². The first-order valence-corrected chi connectivity index (χ1v) is 2.34. The minimum absolute atomic E-state index is 0. The summed E-state index contributed by atoms with van der Waals surface area (Å²) in [5, 5.41) is 3.05. The molecule has 0 fully saturated rings. The van der Waals surface area contributed by atoms with Crippen molar-refractivity contribution in [2.75, 3.05) is 13.1 Å². The topological polar surface area (TPSA) is 12.0 Å². The van der Waals surface area contributed by atoms with Crippen molar-refractivity contribution in [2.45, 2.75) is 0 Å². The summed E-state index contributed by atoms with van der Waals surface area (Å²) in [5.74, 6) is 0. The van der Waals surface area contributed by atoms with E-state index in [2.05, 4.69) is 18.5 Å². The summed E-state index contributed by atoms with van der Waals surface area (Å²) in [5.41, 5.74) is 0. The fourth-order valence-corrected chi connectivity index (χ4v) is 0.287. The first kappa shape index (κ1) is 10.5. The highest BCUT2D eigenvalue weighted by Gasteiger charge is 1.69. The van der Waals surface area contributed by atoms with Crippen LogP contribution in [0.25, 0.3) is 0 Å². The van der Waals surface area contributed by atoms with Gasteiger partial charge >= 0.3 is 0 Å². The molecule has 1 nitrogen and oxygen atoms in total. The lowest BCUT2D eigenvalue weighted by Crippen LogP contribution is -2.11. The molecular formula is C6H14BN. The van der Waals surface area contributed by atoms with Gasteiger partial charge in [-0.25, -0.2) is 0 Å². The van der Waals surface area contributed by atoms with E-state index in [0.717, 1.165) is 13.1 Å². The van der Waals surface area contributed by atoms with Crippen LogP contribution in [-0.2, 0) is 0 Å². The Morgan fingerprint density at radius 1 is 1.12 bits per heavy atom. The van der Waals surface area contributed by atoms with Crippen molar-refractivity contribution in [3.63, 3.8) is 0 Å². The van der Waals surface area contributed by atoms with Crippen molar-refractivity contribution in [3.8, 4) is 0 Å². The van der Waals surface area contributed by atoms with Gasteiger partial charge in [0.25, 0.3) is 0 Å². The van der Waals surface area contributed by atoms with Crippen LogP contribution in [0, 0.1) is 0 Å². The summed E-state index contributed by atoms with van der Waals surface area (Å²) in [6.45, 7) is 8.81. The van der Waals surface area contributed by atoms with Crippen LogP contribution in [-0.4, -0.2) is 21.5 Å². The van der Waals surface area contributed by atoms with Crippen LogP contribution in [0.1, 0.15) is 0 Å². The maximum atomic E-state index is 3.54. The second-order valence-electron chi connectivity index (χ2n) is 1.24. The molecule has 0 aliphatic carbocycles. The van der Waals surface area contributed by atoms with Gasteiger partial charge in [0.2, 0.25) is 0 Å². The molecule has 2 heteroatoms. The van der Waals surface area contributed by atoms with Crippen LogP contribution in [0.15, 0.2) is 25.3 Å². The van der Waals surface area contributed by atoms with Gasteiger partial charge in [0.05, 0.1) is 8.41 Å². The Morgan fingerprint density at radius 2 is 1.50 bits per heavy atom. The Kier molecular flexibility index (Phi) is 12.7. The normalized spacial score (nSPS) is 7.00. The number of hydrogen-bond acceptors (Lipinski definition) is 1. The Morgan fingerprint density at radius 3 is 1.75 bits per heavy atom. The van der Waals surface area contributed by atoms with Gasteiger partial charge in [-0.3, -0.25) is 0 Å². The van der Waals surface area contributed by atoms with E-state index in [1.165, 1.54) is 0 Å². The van der Waals surface area contributed by atoms with Crippen molar-refractivity contribution >= 4 is 8.41 Å². The molecule has 46 valence electrons. The lowest BCUT2D eigenvalue weighted by molar-refractivity contribution is 0.845. The van der Waals surface area contributed by atoms with Gasteiger partial charge in [-0.1, -0.05) is 12.2 Å². The van der Waals surface area contributed by atoms with E-state index >= 15 is 0 Å². The van der Waals surface area contributed by atoms with Gasteiger partial charge < -0.3 is 5.32 Å². The van der Waals surface area contributed by atoms with Crippen LogP contribution in [0.2, 0.25) is 0 Å². The molecule has 0 saturated heterocycles. The highest BCUT2D eigenvalue weighted by atomic mass is 14.8. The average Bonchev–Trinajstić information content (AvgIpc) is 1.69. The van der Waals surface area contributed by atoms with E-state index in [1.807, 2.05) is 12.2 Å². The summed E-state index contributed by atoms with van der Waals surface area (Å²) < 4.78 is 0. The summed E-state index contributed by atoms with van der Waals surface area (Å²) >= 11 is 0. The van der Waals surface area contributed by atoms with Crippen LogP contribution < -0.4 is 5.32 Å². The van der Waals surface area contributed by atoms with Gasteiger partial charge in [0, 0.05) is 13.1 Å². The highest BCUT2D eigenvalue weighted by molar-refractivity contribution is 5.75. The Labute approximate surface area is 53.1 Å². The fourth-order valence-electron chi connectivity index (χ4n) is 0.287. The minimum atomic E-state index is 0. The SMILES string of the molecule is B.C=CCNCC=C. The van der Waals surface area contributed by atoms with E-state index in [-0.39, 0.29) is 8.41 Å². The number of rotatable bonds is 4. The third-order valence-electron chi connectivity index (χ3n) is 0.577. The number of hydrogen-bond donors (Lipinski definition) is 1. The monoisotopic (exact) mass is 111 g/mol. The maximum absolute atomic E-state index is 3.54. The van der Waals surface area contributed by atoms with Gasteiger partial charge in [0.15, 0.2) is 0 Å². The van der Waals surface area contributed by atoms with Crippen molar-refractivity contribution in [1.29, 1.82) is 0 Å². The third kappa shape index (κ3) is 9.09. The molecule has 0 atom stereocenters. The molecule has 0 aliphatic heterocycles. The third-order valence-corrected chi connectivity index (χ3v) is 0.577. The van der Waals surface area contributed by atoms with E-state index in [0.29, 0.717) is 0 Å². The fraction of sp³-hybridized carbons (Fsp3) is 0.333. The Bertz CT molecular complexity index is 53.5. The van der Waals surface area contributed by atoms with E-state index in [1.54, 1.807) is 0 Å². The van der Waals surface area contributed by atoms with Crippen LogP contribution in [0.5, 0.6) is 0 Å². The Balaban J connectivity index is 0. The van der Waals surface area contributed by atoms with Crippen LogP contribution in [0.3, 0.4) is 0 Å². The second kappa shape index (κ2) is 9.71. The zero-order valence-corrected chi connectivity index (χ0v) is 4.48. The first-order valence-electron chi connectivity index (χ1n) is 2.34. The molecule has 0 amide bonds. The predicted octanol–water partition coefficient (Wildman–Crippen LogP) is -0.236. The second-order valence-corrected chi connectivity index (χ2v) is 1.24. The van der Waals surface area contributed by atoms with Gasteiger partial charge in [0.1, 0.15) is 0 Å². The molecule has 1 N–H and O–H groups in total. The molecule has 0 rings (SSSR count). The zero-order chi connectivity index (χ0) is 5.54. The summed E-state index contributed by atoms with van der Waals surface area (Å²) in [6, 6.07) is 0. The van der Waals surface area contributed by atoms with Crippen molar-refractivity contribution in [1.82, 2.24) is 5.32 Å².